The van der Waals surface area contributed by atoms with Gasteiger partial charge in [-0.05, 0) is 18.7 Å². The number of hydrogen-bond donors (Lipinski definition) is 0. The van der Waals surface area contributed by atoms with E-state index in [1.54, 1.807) is 12.1 Å². The maximum absolute atomic E-state index is 12.7. The molecule has 0 radical (unpaired) electrons. The standard InChI is InChI=1S/C16H15NO3S.K/c1-21-13-9-12-11(16(19)20)7-8-17(12)14(13)15(18)10-5-3-2-4-6-10;/h2-6,9,11H,7-8H2,1H3,(H,19,20);/q;+1/p-1. The Morgan fingerprint density at radius 1 is 1.27 bits per heavy atom. The van der Waals surface area contributed by atoms with Gasteiger partial charge in [0.2, 0.25) is 5.78 Å². The molecular formula is C16H14KNO3S. The molecule has 0 N–H and O–H groups in total. The number of carboxylic acids is 1. The fourth-order valence-electron chi connectivity index (χ4n) is 2.83. The molecule has 0 saturated heterocycles. The van der Waals surface area contributed by atoms with Gasteiger partial charge in [0.15, 0.2) is 0 Å². The van der Waals surface area contributed by atoms with Gasteiger partial charge in [-0.15, -0.1) is 11.8 Å². The second-order valence-electron chi connectivity index (χ2n) is 4.99. The zero-order valence-electron chi connectivity index (χ0n) is 12.5. The summed E-state index contributed by atoms with van der Waals surface area (Å²) in [5.41, 5.74) is 1.89. The third-order valence-electron chi connectivity index (χ3n) is 3.85. The van der Waals surface area contributed by atoms with Gasteiger partial charge in [0, 0.05) is 28.6 Å². The van der Waals surface area contributed by atoms with Crippen molar-refractivity contribution in [1.29, 1.82) is 0 Å². The molecule has 1 unspecified atom stereocenters. The van der Waals surface area contributed by atoms with Crippen LogP contribution in [0.15, 0.2) is 41.3 Å². The van der Waals surface area contributed by atoms with Gasteiger partial charge in [-0.3, -0.25) is 4.79 Å². The molecule has 1 atom stereocenters. The molecule has 2 heterocycles. The van der Waals surface area contributed by atoms with Crippen molar-refractivity contribution in [3.05, 3.63) is 53.3 Å². The normalized spacial score (nSPS) is 16.0. The summed E-state index contributed by atoms with van der Waals surface area (Å²) in [6.07, 6.45) is 2.38. The van der Waals surface area contributed by atoms with Crippen LogP contribution in [0.25, 0.3) is 0 Å². The van der Waals surface area contributed by atoms with Crippen LogP contribution in [0.5, 0.6) is 0 Å². The number of ketones is 1. The minimum absolute atomic E-state index is 0. The maximum atomic E-state index is 12.7. The van der Waals surface area contributed by atoms with Gasteiger partial charge in [0.1, 0.15) is 5.69 Å². The van der Waals surface area contributed by atoms with E-state index in [0.29, 0.717) is 29.9 Å². The van der Waals surface area contributed by atoms with Crippen molar-refractivity contribution in [3.8, 4) is 0 Å². The number of benzene rings is 1. The first-order chi connectivity index (χ1) is 10.1. The summed E-state index contributed by atoms with van der Waals surface area (Å²) in [7, 11) is 0. The summed E-state index contributed by atoms with van der Waals surface area (Å²) in [4.78, 5) is 24.7. The topological polar surface area (TPSA) is 62.1 Å². The summed E-state index contributed by atoms with van der Waals surface area (Å²) >= 11 is 1.46. The van der Waals surface area contributed by atoms with Crippen molar-refractivity contribution >= 4 is 23.5 Å². The molecule has 2 aromatic rings. The van der Waals surface area contributed by atoms with Crippen LogP contribution in [0, 0.1) is 0 Å². The third kappa shape index (κ3) is 3.13. The fourth-order valence-corrected chi connectivity index (χ4v) is 3.47. The van der Waals surface area contributed by atoms with Gasteiger partial charge in [-0.1, -0.05) is 30.3 Å². The van der Waals surface area contributed by atoms with Crippen molar-refractivity contribution in [3.63, 3.8) is 0 Å². The van der Waals surface area contributed by atoms with E-state index in [-0.39, 0.29) is 57.2 Å². The van der Waals surface area contributed by atoms with E-state index in [2.05, 4.69) is 0 Å². The summed E-state index contributed by atoms with van der Waals surface area (Å²) in [5.74, 6) is -1.75. The van der Waals surface area contributed by atoms with Crippen molar-refractivity contribution in [2.45, 2.75) is 23.8 Å². The molecule has 0 spiro atoms. The Kier molecular flexibility index (Phi) is 6.10. The molecule has 1 aliphatic rings. The Morgan fingerprint density at radius 3 is 2.55 bits per heavy atom. The second kappa shape index (κ2) is 7.46. The molecule has 1 aromatic carbocycles. The molecule has 4 nitrogen and oxygen atoms in total. The zero-order valence-corrected chi connectivity index (χ0v) is 16.5. The van der Waals surface area contributed by atoms with E-state index >= 15 is 0 Å². The van der Waals surface area contributed by atoms with Crippen molar-refractivity contribution in [2.24, 2.45) is 0 Å². The summed E-state index contributed by atoms with van der Waals surface area (Å²) < 4.78 is 1.83. The summed E-state index contributed by atoms with van der Waals surface area (Å²) in [6, 6.07) is 10.9. The van der Waals surface area contributed by atoms with Gasteiger partial charge in [-0.2, -0.15) is 0 Å². The number of carbonyl (C=O) groups excluding carboxylic acids is 2. The monoisotopic (exact) mass is 339 g/mol. The Balaban J connectivity index is 0.00000176. The Hall–Kier alpha value is -0.374. The maximum Gasteiger partial charge on any atom is 1.00 e. The second-order valence-corrected chi connectivity index (χ2v) is 5.84. The molecule has 0 amide bonds. The van der Waals surface area contributed by atoms with E-state index < -0.39 is 11.9 Å². The van der Waals surface area contributed by atoms with Crippen molar-refractivity contribution < 1.29 is 66.1 Å². The van der Waals surface area contributed by atoms with E-state index in [1.807, 2.05) is 35.1 Å². The molecule has 22 heavy (non-hydrogen) atoms. The van der Waals surface area contributed by atoms with Crippen LogP contribution in [0.3, 0.4) is 0 Å². The molecule has 0 fully saturated rings. The first-order valence-electron chi connectivity index (χ1n) is 6.71. The number of fused-ring (bicyclic) bond motifs is 1. The van der Waals surface area contributed by atoms with Gasteiger partial charge in [0.25, 0.3) is 0 Å². The van der Waals surface area contributed by atoms with Crippen LogP contribution in [-0.4, -0.2) is 22.6 Å². The van der Waals surface area contributed by atoms with Gasteiger partial charge >= 0.3 is 51.4 Å². The third-order valence-corrected chi connectivity index (χ3v) is 4.60. The number of rotatable bonds is 4. The first-order valence-corrected chi connectivity index (χ1v) is 7.94. The largest absolute Gasteiger partial charge is 1.00 e. The molecule has 1 aliphatic heterocycles. The van der Waals surface area contributed by atoms with Crippen LogP contribution in [0.2, 0.25) is 0 Å². The minimum atomic E-state index is -1.07. The summed E-state index contributed by atoms with van der Waals surface area (Å²) in [6.45, 7) is 0.544. The number of aromatic nitrogens is 1. The minimum Gasteiger partial charge on any atom is -0.549 e. The molecule has 3 rings (SSSR count). The average Bonchev–Trinajstić information content (AvgIpc) is 3.05. The number of carboxylic acid groups (broad SMARTS) is 1. The number of hydrogen-bond acceptors (Lipinski definition) is 4. The SMILES string of the molecule is CSc1cc2n(c1C(=O)c1ccccc1)CCC2C(=O)[O-].[K+]. The first kappa shape index (κ1) is 18.0. The van der Waals surface area contributed by atoms with E-state index in [4.69, 9.17) is 0 Å². The smallest absolute Gasteiger partial charge is 0.549 e. The van der Waals surface area contributed by atoms with Gasteiger partial charge in [0.05, 0.1) is 5.97 Å². The fraction of sp³-hybridized carbons (Fsp3) is 0.250. The summed E-state index contributed by atoms with van der Waals surface area (Å²) in [5, 5.41) is 11.2. The Morgan fingerprint density at radius 2 is 1.95 bits per heavy atom. The molecule has 0 saturated carbocycles. The van der Waals surface area contributed by atoms with Crippen LogP contribution in [0.1, 0.15) is 34.1 Å². The van der Waals surface area contributed by atoms with Gasteiger partial charge < -0.3 is 14.5 Å². The number of thioether (sulfide) groups is 1. The predicted octanol–water partition coefficient (Wildman–Crippen LogP) is -1.32. The number of nitrogens with zero attached hydrogens (tertiary/aromatic N) is 1. The molecule has 0 bridgehead atoms. The van der Waals surface area contributed by atoms with Crippen LogP contribution < -0.4 is 56.5 Å². The molecule has 6 heteroatoms. The molecule has 108 valence electrons. The average molecular weight is 339 g/mol. The van der Waals surface area contributed by atoms with E-state index in [0.717, 1.165) is 4.90 Å². The Bertz CT molecular complexity index is 712. The van der Waals surface area contributed by atoms with E-state index in [9.17, 15) is 14.7 Å². The van der Waals surface area contributed by atoms with E-state index in [1.165, 1.54) is 11.8 Å². The van der Waals surface area contributed by atoms with Crippen molar-refractivity contribution in [2.75, 3.05) is 6.26 Å². The van der Waals surface area contributed by atoms with Crippen LogP contribution in [-0.2, 0) is 11.3 Å². The molecule has 1 aromatic heterocycles. The zero-order chi connectivity index (χ0) is 15.0. The number of aliphatic carboxylic acids is 1. The molecular weight excluding hydrogens is 325 g/mol. The molecule has 0 aliphatic carbocycles. The quantitative estimate of drug-likeness (QED) is 0.394. The predicted molar refractivity (Wildman–Crippen MR) is 78.5 cm³/mol. The van der Waals surface area contributed by atoms with Crippen LogP contribution in [0.4, 0.5) is 0 Å². The number of carbonyl (C=O) groups is 2. The van der Waals surface area contributed by atoms with Gasteiger partial charge in [-0.25, -0.2) is 0 Å². The van der Waals surface area contributed by atoms with Crippen molar-refractivity contribution in [1.82, 2.24) is 4.57 Å². The van der Waals surface area contributed by atoms with Crippen LogP contribution >= 0.6 is 11.8 Å². The Labute approximate surface area is 175 Å².